The van der Waals surface area contributed by atoms with Crippen LogP contribution in [0.25, 0.3) is 16.0 Å². The van der Waals surface area contributed by atoms with Crippen LogP contribution in [0.5, 0.6) is 0 Å². The fraction of sp³-hybridized carbons (Fsp3) is 0.0625. The number of amides is 1. The van der Waals surface area contributed by atoms with E-state index in [-0.39, 0.29) is 11.7 Å². The van der Waals surface area contributed by atoms with Gasteiger partial charge in [-0.05, 0) is 31.2 Å². The van der Waals surface area contributed by atoms with E-state index >= 15 is 0 Å². The summed E-state index contributed by atoms with van der Waals surface area (Å²) in [5, 5.41) is 7.80. The Hall–Kier alpha value is -2.93. The molecule has 0 aliphatic carbocycles. The van der Waals surface area contributed by atoms with Crippen molar-refractivity contribution in [2.45, 2.75) is 6.92 Å². The predicted molar refractivity (Wildman–Crippen MR) is 88.1 cm³/mol. The van der Waals surface area contributed by atoms with E-state index in [9.17, 15) is 4.79 Å². The van der Waals surface area contributed by atoms with Gasteiger partial charge in [-0.3, -0.25) is 10.1 Å². The van der Waals surface area contributed by atoms with Gasteiger partial charge >= 0.3 is 0 Å². The quantitative estimate of drug-likeness (QED) is 0.624. The Bertz CT molecular complexity index is 971. The zero-order valence-corrected chi connectivity index (χ0v) is 13.0. The van der Waals surface area contributed by atoms with Gasteiger partial charge in [-0.2, -0.15) is 10.1 Å². The number of aromatic nitrogens is 3. The zero-order valence-electron chi connectivity index (χ0n) is 12.2. The third kappa shape index (κ3) is 2.40. The lowest BCUT2D eigenvalue weighted by Gasteiger charge is -2.01. The minimum absolute atomic E-state index is 0.255. The van der Waals surface area contributed by atoms with Crippen LogP contribution in [0.1, 0.15) is 16.2 Å². The van der Waals surface area contributed by atoms with E-state index in [4.69, 9.17) is 4.42 Å². The molecular weight excluding hydrogens is 312 g/mol. The van der Waals surface area contributed by atoms with E-state index in [0.29, 0.717) is 5.13 Å². The second-order valence-corrected chi connectivity index (χ2v) is 5.94. The fourth-order valence-corrected chi connectivity index (χ4v) is 3.18. The van der Waals surface area contributed by atoms with Crippen molar-refractivity contribution in [1.82, 2.24) is 14.8 Å². The number of hydrogen-bond donors (Lipinski definition) is 1. The molecule has 114 valence electrons. The number of thiazole rings is 1. The van der Waals surface area contributed by atoms with Crippen LogP contribution in [0.15, 0.2) is 53.1 Å². The molecule has 0 saturated heterocycles. The Balaban J connectivity index is 1.72. The summed E-state index contributed by atoms with van der Waals surface area (Å²) in [7, 11) is 0. The number of nitrogens with zero attached hydrogens (tertiary/aromatic N) is 3. The summed E-state index contributed by atoms with van der Waals surface area (Å²) in [4.78, 5) is 16.6. The number of aryl methyl sites for hydroxylation is 1. The number of nitrogens with one attached hydrogen (secondary N) is 1. The first-order valence-corrected chi connectivity index (χ1v) is 7.80. The third-order valence-electron chi connectivity index (χ3n) is 3.35. The van der Waals surface area contributed by atoms with Gasteiger partial charge in [-0.1, -0.05) is 29.5 Å². The van der Waals surface area contributed by atoms with Crippen LogP contribution in [-0.4, -0.2) is 20.7 Å². The van der Waals surface area contributed by atoms with Gasteiger partial charge < -0.3 is 4.42 Å². The molecule has 3 heterocycles. The average Bonchev–Trinajstić information content (AvgIpc) is 3.27. The number of rotatable bonds is 3. The van der Waals surface area contributed by atoms with Gasteiger partial charge in [-0.15, -0.1) is 0 Å². The number of hydrogen-bond acceptors (Lipinski definition) is 5. The summed E-state index contributed by atoms with van der Waals surface area (Å²) in [6.07, 6.45) is 1.46. The first kappa shape index (κ1) is 13.7. The minimum atomic E-state index is -0.316. The summed E-state index contributed by atoms with van der Waals surface area (Å²) in [6.45, 7) is 1.93. The molecule has 0 saturated carbocycles. The topological polar surface area (TPSA) is 73.0 Å². The van der Waals surface area contributed by atoms with E-state index < -0.39 is 0 Å². The molecule has 0 unspecified atom stereocenters. The highest BCUT2D eigenvalue weighted by Gasteiger charge is 2.17. The maximum Gasteiger partial charge on any atom is 0.293 e. The number of anilines is 1. The molecule has 1 amide bonds. The Morgan fingerprint density at radius 3 is 2.78 bits per heavy atom. The van der Waals surface area contributed by atoms with Crippen LogP contribution in [0.3, 0.4) is 0 Å². The van der Waals surface area contributed by atoms with Gasteiger partial charge in [0.25, 0.3) is 5.91 Å². The molecule has 6 nitrogen and oxygen atoms in total. The summed E-state index contributed by atoms with van der Waals surface area (Å²) in [5.74, 6) is -0.0612. The molecule has 4 aromatic rings. The van der Waals surface area contributed by atoms with Gasteiger partial charge in [0.15, 0.2) is 16.5 Å². The van der Waals surface area contributed by atoms with Crippen LogP contribution >= 0.6 is 11.3 Å². The lowest BCUT2D eigenvalue weighted by Crippen LogP contribution is -2.10. The van der Waals surface area contributed by atoms with E-state index in [1.807, 2.05) is 37.3 Å². The molecule has 0 aliphatic rings. The molecule has 0 radical (unpaired) electrons. The number of carbonyl (C=O) groups excluding carboxylic acids is 1. The van der Waals surface area contributed by atoms with Crippen molar-refractivity contribution in [3.8, 4) is 5.69 Å². The van der Waals surface area contributed by atoms with Crippen molar-refractivity contribution in [2.75, 3.05) is 5.32 Å². The van der Waals surface area contributed by atoms with E-state index in [2.05, 4.69) is 15.4 Å². The Morgan fingerprint density at radius 2 is 2.04 bits per heavy atom. The molecule has 0 atom stereocenters. The van der Waals surface area contributed by atoms with Crippen molar-refractivity contribution >= 4 is 32.7 Å². The lowest BCUT2D eigenvalue weighted by molar-refractivity contribution is 0.0996. The monoisotopic (exact) mass is 324 g/mol. The Kier molecular flexibility index (Phi) is 3.20. The molecule has 3 aromatic heterocycles. The molecule has 23 heavy (non-hydrogen) atoms. The number of fused-ring (bicyclic) bond motifs is 1. The number of benzene rings is 1. The molecule has 7 heteroatoms. The van der Waals surface area contributed by atoms with E-state index in [1.54, 1.807) is 16.8 Å². The van der Waals surface area contributed by atoms with E-state index in [0.717, 1.165) is 21.7 Å². The largest absolute Gasteiger partial charge is 0.459 e. The molecule has 0 spiro atoms. The second-order valence-electron chi connectivity index (χ2n) is 4.94. The molecule has 0 fully saturated rings. The zero-order chi connectivity index (χ0) is 15.8. The van der Waals surface area contributed by atoms with Crippen LogP contribution in [0, 0.1) is 6.92 Å². The van der Waals surface area contributed by atoms with Gasteiger partial charge in [0.05, 0.1) is 22.3 Å². The average molecular weight is 324 g/mol. The summed E-state index contributed by atoms with van der Waals surface area (Å²) < 4.78 is 7.82. The highest BCUT2D eigenvalue weighted by Crippen LogP contribution is 2.30. The number of carbonyl (C=O) groups is 1. The molecule has 4 rings (SSSR count). The SMILES string of the molecule is Cc1nn(-c2ccccc2)c2nc(NC(=O)c3ccco3)sc12. The summed E-state index contributed by atoms with van der Waals surface area (Å²) in [6, 6.07) is 13.1. The summed E-state index contributed by atoms with van der Waals surface area (Å²) in [5.41, 5.74) is 2.54. The van der Waals surface area contributed by atoms with Crippen LogP contribution in [-0.2, 0) is 0 Å². The molecular formula is C16H12N4O2S. The summed E-state index contributed by atoms with van der Waals surface area (Å²) >= 11 is 1.40. The molecule has 1 aromatic carbocycles. The van der Waals surface area contributed by atoms with Gasteiger partial charge in [-0.25, -0.2) is 4.68 Å². The smallest absolute Gasteiger partial charge is 0.293 e. The van der Waals surface area contributed by atoms with Crippen molar-refractivity contribution in [3.05, 3.63) is 60.2 Å². The normalized spacial score (nSPS) is 11.0. The molecule has 0 bridgehead atoms. The fourth-order valence-electron chi connectivity index (χ4n) is 2.30. The van der Waals surface area contributed by atoms with Crippen molar-refractivity contribution in [1.29, 1.82) is 0 Å². The first-order chi connectivity index (χ1) is 11.2. The Morgan fingerprint density at radius 1 is 1.22 bits per heavy atom. The van der Waals surface area contributed by atoms with Gasteiger partial charge in [0.1, 0.15) is 0 Å². The highest BCUT2D eigenvalue weighted by atomic mass is 32.1. The predicted octanol–water partition coefficient (Wildman–Crippen LogP) is 3.64. The lowest BCUT2D eigenvalue weighted by atomic mass is 10.3. The first-order valence-electron chi connectivity index (χ1n) is 6.99. The number of para-hydroxylation sites is 1. The third-order valence-corrected chi connectivity index (χ3v) is 4.42. The molecule has 1 N–H and O–H groups in total. The number of furan rings is 1. The maximum absolute atomic E-state index is 12.1. The van der Waals surface area contributed by atoms with Crippen LogP contribution < -0.4 is 5.32 Å². The molecule has 0 aliphatic heterocycles. The highest BCUT2D eigenvalue weighted by molar-refractivity contribution is 7.22. The maximum atomic E-state index is 12.1. The van der Waals surface area contributed by atoms with Crippen LogP contribution in [0.4, 0.5) is 5.13 Å². The van der Waals surface area contributed by atoms with E-state index in [1.165, 1.54) is 17.6 Å². The van der Waals surface area contributed by atoms with Crippen molar-refractivity contribution in [3.63, 3.8) is 0 Å². The minimum Gasteiger partial charge on any atom is -0.459 e. The van der Waals surface area contributed by atoms with Gasteiger partial charge in [0.2, 0.25) is 0 Å². The van der Waals surface area contributed by atoms with Gasteiger partial charge in [0, 0.05) is 0 Å². The van der Waals surface area contributed by atoms with Crippen molar-refractivity contribution < 1.29 is 9.21 Å². The van der Waals surface area contributed by atoms with Crippen molar-refractivity contribution in [2.24, 2.45) is 0 Å². The standard InChI is InChI=1S/C16H12N4O2S/c1-10-13-14(20(19-10)11-6-3-2-4-7-11)17-16(23-13)18-15(21)12-8-5-9-22-12/h2-9H,1H3,(H,17,18,21). The second kappa shape index (κ2) is 5.36. The van der Waals surface area contributed by atoms with Crippen LogP contribution in [0.2, 0.25) is 0 Å². The Labute approximate surface area is 135 Å².